The summed E-state index contributed by atoms with van der Waals surface area (Å²) in [5.74, 6) is 0.0511. The molecule has 0 bridgehead atoms. The number of rotatable bonds is 3. The Balaban J connectivity index is 2.64. The van der Waals surface area contributed by atoms with E-state index in [1.807, 2.05) is 6.92 Å². The molecule has 2 heterocycles. The summed E-state index contributed by atoms with van der Waals surface area (Å²) in [6, 6.07) is 0. The molecule has 0 aliphatic heterocycles. The van der Waals surface area contributed by atoms with E-state index in [2.05, 4.69) is 9.97 Å². The molecule has 0 aliphatic rings. The zero-order valence-corrected chi connectivity index (χ0v) is 10.4. The van der Waals surface area contributed by atoms with Crippen LogP contribution in [0.2, 0.25) is 5.02 Å². The zero-order valence-electron chi connectivity index (χ0n) is 9.61. The number of carbonyl (C=O) groups is 1. The molecule has 0 spiro atoms. The van der Waals surface area contributed by atoms with Crippen molar-refractivity contribution in [3.05, 3.63) is 28.8 Å². The first-order valence-electron chi connectivity index (χ1n) is 5.37. The summed E-state index contributed by atoms with van der Waals surface area (Å²) in [6.45, 7) is 4.01. The molecule has 0 aliphatic carbocycles. The molecule has 0 saturated heterocycles. The highest BCUT2D eigenvalue weighted by molar-refractivity contribution is 6.30. The smallest absolute Gasteiger partial charge is 0.357 e. The fourth-order valence-electron chi connectivity index (χ4n) is 1.62. The molecule has 0 amide bonds. The highest BCUT2D eigenvalue weighted by atomic mass is 35.5. The lowest BCUT2D eigenvalue weighted by molar-refractivity contribution is 0.0517. The van der Waals surface area contributed by atoms with E-state index in [9.17, 15) is 4.79 Å². The standard InChI is InChI=1S/C11H12ClN3O2/c1-3-8-9(10(16)17-4-2)15-6-7(12)5-13-11(15)14-8/h5-6H,3-4H2,1-2H3. The first-order chi connectivity index (χ1) is 8.17. The van der Waals surface area contributed by atoms with E-state index in [-0.39, 0.29) is 0 Å². The van der Waals surface area contributed by atoms with E-state index in [0.717, 1.165) is 0 Å². The monoisotopic (exact) mass is 253 g/mol. The summed E-state index contributed by atoms with van der Waals surface area (Å²) in [5, 5.41) is 0.447. The van der Waals surface area contributed by atoms with Crippen LogP contribution in [0.15, 0.2) is 12.4 Å². The van der Waals surface area contributed by atoms with Crippen molar-refractivity contribution in [1.82, 2.24) is 14.4 Å². The zero-order chi connectivity index (χ0) is 12.4. The van der Waals surface area contributed by atoms with Crippen molar-refractivity contribution in [3.63, 3.8) is 0 Å². The average Bonchev–Trinajstić information content (AvgIpc) is 2.66. The van der Waals surface area contributed by atoms with Crippen molar-refractivity contribution in [1.29, 1.82) is 0 Å². The Morgan fingerprint density at radius 3 is 2.94 bits per heavy atom. The third kappa shape index (κ3) is 2.10. The Morgan fingerprint density at radius 1 is 1.53 bits per heavy atom. The highest BCUT2D eigenvalue weighted by Crippen LogP contribution is 2.16. The van der Waals surface area contributed by atoms with Crippen molar-refractivity contribution < 1.29 is 9.53 Å². The van der Waals surface area contributed by atoms with Crippen molar-refractivity contribution >= 4 is 23.3 Å². The SMILES string of the molecule is CCOC(=O)c1c(CC)nc2ncc(Cl)cn12. The molecular weight excluding hydrogens is 242 g/mol. The minimum absolute atomic E-state index is 0.323. The Kier molecular flexibility index (Phi) is 3.28. The van der Waals surface area contributed by atoms with E-state index < -0.39 is 5.97 Å². The third-order valence-electron chi connectivity index (χ3n) is 2.32. The van der Waals surface area contributed by atoms with Gasteiger partial charge in [-0.25, -0.2) is 14.8 Å². The maximum absolute atomic E-state index is 11.9. The summed E-state index contributed by atoms with van der Waals surface area (Å²) >= 11 is 5.86. The van der Waals surface area contributed by atoms with Gasteiger partial charge in [-0.2, -0.15) is 0 Å². The van der Waals surface area contributed by atoms with Gasteiger partial charge in [0.05, 0.1) is 23.5 Å². The number of esters is 1. The number of imidazole rings is 1. The normalized spacial score (nSPS) is 10.8. The summed E-state index contributed by atoms with van der Waals surface area (Å²) < 4.78 is 6.57. The minimum Gasteiger partial charge on any atom is -0.461 e. The van der Waals surface area contributed by atoms with Gasteiger partial charge in [0.2, 0.25) is 5.78 Å². The van der Waals surface area contributed by atoms with Gasteiger partial charge < -0.3 is 4.74 Å². The second-order valence-electron chi connectivity index (χ2n) is 3.42. The first kappa shape index (κ1) is 11.9. The van der Waals surface area contributed by atoms with Crippen LogP contribution < -0.4 is 0 Å². The van der Waals surface area contributed by atoms with Crippen LogP contribution in [0.3, 0.4) is 0 Å². The maximum Gasteiger partial charge on any atom is 0.357 e. The number of halogens is 1. The third-order valence-corrected chi connectivity index (χ3v) is 2.52. The van der Waals surface area contributed by atoms with E-state index in [1.165, 1.54) is 6.20 Å². The van der Waals surface area contributed by atoms with E-state index in [1.54, 1.807) is 17.5 Å². The molecule has 2 aromatic heterocycles. The number of nitrogens with zero attached hydrogens (tertiary/aromatic N) is 3. The van der Waals surface area contributed by atoms with Crippen LogP contribution in [-0.2, 0) is 11.2 Å². The van der Waals surface area contributed by atoms with Crippen molar-refractivity contribution in [2.45, 2.75) is 20.3 Å². The molecule has 2 rings (SSSR count). The fourth-order valence-corrected chi connectivity index (χ4v) is 1.76. The molecule has 0 aromatic carbocycles. The van der Waals surface area contributed by atoms with Crippen molar-refractivity contribution in [2.24, 2.45) is 0 Å². The van der Waals surface area contributed by atoms with Crippen LogP contribution in [0, 0.1) is 0 Å². The highest BCUT2D eigenvalue weighted by Gasteiger charge is 2.19. The molecule has 0 fully saturated rings. The molecule has 6 heteroatoms. The Bertz CT molecular complexity index is 565. The van der Waals surface area contributed by atoms with Crippen molar-refractivity contribution in [2.75, 3.05) is 6.61 Å². The van der Waals surface area contributed by atoms with Gasteiger partial charge in [-0.05, 0) is 13.3 Å². The number of aromatic nitrogens is 3. The number of hydrogen-bond acceptors (Lipinski definition) is 4. The van der Waals surface area contributed by atoms with Gasteiger partial charge in [-0.1, -0.05) is 18.5 Å². The number of hydrogen-bond donors (Lipinski definition) is 0. The molecule has 0 saturated carbocycles. The van der Waals surface area contributed by atoms with Crippen LogP contribution in [0.4, 0.5) is 0 Å². The Morgan fingerprint density at radius 2 is 2.29 bits per heavy atom. The molecule has 0 atom stereocenters. The van der Waals surface area contributed by atoms with Crippen LogP contribution in [0.1, 0.15) is 30.0 Å². The van der Waals surface area contributed by atoms with Gasteiger partial charge >= 0.3 is 5.97 Å². The second-order valence-corrected chi connectivity index (χ2v) is 3.86. The second kappa shape index (κ2) is 4.71. The fraction of sp³-hybridized carbons (Fsp3) is 0.364. The first-order valence-corrected chi connectivity index (χ1v) is 5.74. The van der Waals surface area contributed by atoms with Crippen LogP contribution in [-0.4, -0.2) is 26.9 Å². The van der Waals surface area contributed by atoms with Gasteiger partial charge in [0, 0.05) is 6.20 Å². The summed E-state index contributed by atoms with van der Waals surface area (Å²) in [7, 11) is 0. The van der Waals surface area contributed by atoms with Gasteiger partial charge in [0.1, 0.15) is 0 Å². The van der Waals surface area contributed by atoms with Gasteiger partial charge in [0.15, 0.2) is 5.69 Å². The summed E-state index contributed by atoms with van der Waals surface area (Å²) in [4.78, 5) is 20.2. The predicted octanol–water partition coefficient (Wildman–Crippen LogP) is 2.12. The molecule has 0 radical (unpaired) electrons. The number of aryl methyl sites for hydroxylation is 1. The predicted molar refractivity (Wildman–Crippen MR) is 63.3 cm³/mol. The van der Waals surface area contributed by atoms with Gasteiger partial charge in [0.25, 0.3) is 0 Å². The number of fused-ring (bicyclic) bond motifs is 1. The number of ether oxygens (including phenoxy) is 1. The molecule has 0 unspecified atom stereocenters. The van der Waals surface area contributed by atoms with Gasteiger partial charge in [-0.3, -0.25) is 4.40 Å². The van der Waals surface area contributed by atoms with Crippen LogP contribution in [0.5, 0.6) is 0 Å². The average molecular weight is 254 g/mol. The quantitative estimate of drug-likeness (QED) is 0.787. The van der Waals surface area contributed by atoms with Crippen LogP contribution >= 0.6 is 11.6 Å². The lowest BCUT2D eigenvalue weighted by atomic mass is 10.2. The Hall–Kier alpha value is -1.62. The largest absolute Gasteiger partial charge is 0.461 e. The topological polar surface area (TPSA) is 56.5 Å². The molecule has 17 heavy (non-hydrogen) atoms. The lowest BCUT2D eigenvalue weighted by Gasteiger charge is -2.03. The summed E-state index contributed by atoms with van der Waals surface area (Å²) in [6.07, 6.45) is 3.75. The molecule has 2 aromatic rings. The van der Waals surface area contributed by atoms with E-state index in [4.69, 9.17) is 16.3 Å². The van der Waals surface area contributed by atoms with E-state index >= 15 is 0 Å². The molecule has 5 nitrogen and oxygen atoms in total. The van der Waals surface area contributed by atoms with Gasteiger partial charge in [-0.15, -0.1) is 0 Å². The Labute approximate surface area is 103 Å². The number of carbonyl (C=O) groups excluding carboxylic acids is 1. The molecule has 90 valence electrons. The lowest BCUT2D eigenvalue weighted by Crippen LogP contribution is -2.10. The van der Waals surface area contributed by atoms with Crippen molar-refractivity contribution in [3.8, 4) is 0 Å². The maximum atomic E-state index is 11.9. The molecule has 0 N–H and O–H groups in total. The minimum atomic E-state index is -0.402. The van der Waals surface area contributed by atoms with Crippen LogP contribution in [0.25, 0.3) is 5.78 Å². The molecular formula is C11H12ClN3O2. The summed E-state index contributed by atoms with van der Waals surface area (Å²) in [5.41, 5.74) is 1.07. The van der Waals surface area contributed by atoms with E-state index in [0.29, 0.717) is 35.2 Å².